The molecule has 30 heavy (non-hydrogen) atoms. The van der Waals surface area contributed by atoms with Gasteiger partial charge >= 0.3 is 0 Å². The maximum absolute atomic E-state index is 12.9. The highest BCUT2D eigenvalue weighted by Gasteiger charge is 2.27. The summed E-state index contributed by atoms with van der Waals surface area (Å²) in [4.78, 5) is 43.5. The number of rotatable bonds is 11. The molecule has 2 rings (SSSR count). The van der Waals surface area contributed by atoms with Gasteiger partial charge in [-0.25, -0.2) is 4.98 Å². The van der Waals surface area contributed by atoms with Crippen molar-refractivity contribution < 1.29 is 14.4 Å². The van der Waals surface area contributed by atoms with Crippen LogP contribution in [0.5, 0.6) is 0 Å². The number of carbonyl (C=O) groups is 3. The van der Waals surface area contributed by atoms with Gasteiger partial charge in [-0.15, -0.1) is 11.3 Å². The molecular formula is C22H36N4O3S. The van der Waals surface area contributed by atoms with Crippen LogP contribution in [-0.4, -0.2) is 47.2 Å². The molecule has 0 unspecified atom stereocenters. The Bertz CT molecular complexity index is 698. The first-order valence-corrected chi connectivity index (χ1v) is 12.1. The van der Waals surface area contributed by atoms with Gasteiger partial charge in [0.2, 0.25) is 17.7 Å². The van der Waals surface area contributed by atoms with Crippen molar-refractivity contribution in [3.63, 3.8) is 0 Å². The maximum atomic E-state index is 12.9. The van der Waals surface area contributed by atoms with Crippen molar-refractivity contribution in [2.75, 3.05) is 25.0 Å². The minimum atomic E-state index is -0.242. The van der Waals surface area contributed by atoms with Crippen LogP contribution in [0, 0.1) is 11.8 Å². The van der Waals surface area contributed by atoms with E-state index < -0.39 is 0 Å². The second kappa shape index (κ2) is 12.7. The van der Waals surface area contributed by atoms with Gasteiger partial charge in [-0.1, -0.05) is 46.5 Å². The van der Waals surface area contributed by atoms with Gasteiger partial charge in [0.05, 0.1) is 18.7 Å². The Morgan fingerprint density at radius 1 is 1.20 bits per heavy atom. The first kappa shape index (κ1) is 24.3. The molecule has 0 radical (unpaired) electrons. The zero-order valence-electron chi connectivity index (χ0n) is 18.5. The highest BCUT2D eigenvalue weighted by atomic mass is 32.1. The summed E-state index contributed by atoms with van der Waals surface area (Å²) in [6, 6.07) is 0. The summed E-state index contributed by atoms with van der Waals surface area (Å²) < 4.78 is 0. The van der Waals surface area contributed by atoms with Crippen molar-refractivity contribution in [1.29, 1.82) is 0 Å². The molecule has 168 valence electrons. The summed E-state index contributed by atoms with van der Waals surface area (Å²) in [5.74, 6) is 0.133. The van der Waals surface area contributed by atoms with Crippen molar-refractivity contribution in [3.8, 4) is 0 Å². The molecule has 7 nitrogen and oxygen atoms in total. The highest BCUT2D eigenvalue weighted by Crippen LogP contribution is 2.26. The fourth-order valence-electron chi connectivity index (χ4n) is 3.69. The molecule has 0 spiro atoms. The molecule has 0 saturated heterocycles. The fraction of sp³-hybridized carbons (Fsp3) is 0.727. The van der Waals surface area contributed by atoms with E-state index in [0.29, 0.717) is 29.8 Å². The van der Waals surface area contributed by atoms with E-state index in [1.165, 1.54) is 17.8 Å². The van der Waals surface area contributed by atoms with Gasteiger partial charge in [-0.05, 0) is 25.2 Å². The predicted molar refractivity (Wildman–Crippen MR) is 120 cm³/mol. The van der Waals surface area contributed by atoms with Crippen LogP contribution in [0.2, 0.25) is 0 Å². The SMILES string of the molecule is CCCCNC(=O)Cc1csc(NC(=O)CN(CC(C)C)C(=O)C2CCCCC2)n1. The molecule has 0 aliphatic heterocycles. The van der Waals surface area contributed by atoms with Gasteiger partial charge in [-0.3, -0.25) is 14.4 Å². The lowest BCUT2D eigenvalue weighted by Gasteiger charge is -2.30. The summed E-state index contributed by atoms with van der Waals surface area (Å²) >= 11 is 1.30. The van der Waals surface area contributed by atoms with E-state index in [-0.39, 0.29) is 36.6 Å². The van der Waals surface area contributed by atoms with Gasteiger partial charge in [0.15, 0.2) is 5.13 Å². The molecule has 1 saturated carbocycles. The third-order valence-corrected chi connectivity index (χ3v) is 5.98. The molecule has 8 heteroatoms. The molecule has 1 fully saturated rings. The number of aromatic nitrogens is 1. The lowest BCUT2D eigenvalue weighted by Crippen LogP contribution is -2.43. The van der Waals surface area contributed by atoms with Crippen LogP contribution in [-0.2, 0) is 20.8 Å². The third kappa shape index (κ3) is 8.42. The summed E-state index contributed by atoms with van der Waals surface area (Å²) in [5, 5.41) is 7.91. The van der Waals surface area contributed by atoms with E-state index in [9.17, 15) is 14.4 Å². The largest absolute Gasteiger partial charge is 0.356 e. The van der Waals surface area contributed by atoms with Crippen LogP contribution in [0.3, 0.4) is 0 Å². The second-order valence-corrected chi connectivity index (χ2v) is 9.38. The number of hydrogen-bond donors (Lipinski definition) is 2. The fourth-order valence-corrected chi connectivity index (χ4v) is 4.42. The summed E-state index contributed by atoms with van der Waals surface area (Å²) in [6.07, 6.45) is 7.41. The van der Waals surface area contributed by atoms with Crippen molar-refractivity contribution in [3.05, 3.63) is 11.1 Å². The molecule has 1 aliphatic rings. The van der Waals surface area contributed by atoms with E-state index in [2.05, 4.69) is 36.4 Å². The van der Waals surface area contributed by atoms with Crippen LogP contribution in [0.15, 0.2) is 5.38 Å². The minimum Gasteiger partial charge on any atom is -0.356 e. The lowest BCUT2D eigenvalue weighted by atomic mass is 9.88. The standard InChI is InChI=1S/C22H36N4O3S/c1-4-5-11-23-19(27)12-18-15-30-22(24-18)25-20(28)14-26(13-16(2)3)21(29)17-9-7-6-8-10-17/h15-17H,4-14H2,1-3H3,(H,23,27)(H,24,25,28). The van der Waals surface area contributed by atoms with Crippen LogP contribution in [0.25, 0.3) is 0 Å². The van der Waals surface area contributed by atoms with Gasteiger partial charge in [0.1, 0.15) is 0 Å². The summed E-state index contributed by atoms with van der Waals surface area (Å²) in [5.41, 5.74) is 0.640. The number of nitrogens with zero attached hydrogens (tertiary/aromatic N) is 2. The van der Waals surface area contributed by atoms with Crippen molar-refractivity contribution in [2.24, 2.45) is 11.8 Å². The third-order valence-electron chi connectivity index (χ3n) is 5.18. The summed E-state index contributed by atoms with van der Waals surface area (Å²) in [6.45, 7) is 7.47. The zero-order valence-corrected chi connectivity index (χ0v) is 19.4. The average molecular weight is 437 g/mol. The van der Waals surface area contributed by atoms with E-state index in [1.54, 1.807) is 10.3 Å². The maximum Gasteiger partial charge on any atom is 0.245 e. The number of amides is 3. The number of anilines is 1. The molecule has 0 aromatic carbocycles. The minimum absolute atomic E-state index is 0.0416. The van der Waals surface area contributed by atoms with Gasteiger partial charge in [-0.2, -0.15) is 0 Å². The number of nitrogens with one attached hydrogen (secondary N) is 2. The van der Waals surface area contributed by atoms with Crippen molar-refractivity contribution >= 4 is 34.2 Å². The zero-order chi connectivity index (χ0) is 21.9. The van der Waals surface area contributed by atoms with Gasteiger partial charge in [0.25, 0.3) is 0 Å². The Labute approximate surface area is 184 Å². The summed E-state index contributed by atoms with van der Waals surface area (Å²) in [7, 11) is 0. The van der Waals surface area contributed by atoms with E-state index >= 15 is 0 Å². The molecule has 0 atom stereocenters. The molecule has 3 amide bonds. The van der Waals surface area contributed by atoms with E-state index in [4.69, 9.17) is 0 Å². The normalized spacial score (nSPS) is 14.5. The number of carbonyl (C=O) groups excluding carboxylic acids is 3. The molecule has 1 aromatic heterocycles. The molecule has 1 aromatic rings. The molecule has 2 N–H and O–H groups in total. The Morgan fingerprint density at radius 2 is 1.93 bits per heavy atom. The van der Waals surface area contributed by atoms with Gasteiger partial charge in [0, 0.05) is 24.4 Å². The number of hydrogen-bond acceptors (Lipinski definition) is 5. The smallest absolute Gasteiger partial charge is 0.245 e. The van der Waals surface area contributed by atoms with Crippen LogP contribution in [0.1, 0.15) is 71.4 Å². The molecular weight excluding hydrogens is 400 g/mol. The van der Waals surface area contributed by atoms with Gasteiger partial charge < -0.3 is 15.5 Å². The van der Waals surface area contributed by atoms with E-state index in [0.717, 1.165) is 38.5 Å². The first-order chi connectivity index (χ1) is 14.4. The number of unbranched alkanes of at least 4 members (excludes halogenated alkanes) is 1. The number of thiazole rings is 1. The molecule has 0 bridgehead atoms. The van der Waals surface area contributed by atoms with E-state index in [1.807, 2.05) is 0 Å². The average Bonchev–Trinajstić information content (AvgIpc) is 3.13. The Kier molecular flexibility index (Phi) is 10.3. The topological polar surface area (TPSA) is 91.4 Å². The molecule has 1 aliphatic carbocycles. The predicted octanol–water partition coefficient (Wildman–Crippen LogP) is 3.61. The van der Waals surface area contributed by atoms with Crippen LogP contribution in [0.4, 0.5) is 5.13 Å². The second-order valence-electron chi connectivity index (χ2n) is 8.52. The van der Waals surface area contributed by atoms with Crippen LogP contribution >= 0.6 is 11.3 Å². The Balaban J connectivity index is 1.88. The quantitative estimate of drug-likeness (QED) is 0.519. The first-order valence-electron chi connectivity index (χ1n) is 11.2. The Hall–Kier alpha value is -1.96. The highest BCUT2D eigenvalue weighted by molar-refractivity contribution is 7.13. The van der Waals surface area contributed by atoms with Crippen LogP contribution < -0.4 is 10.6 Å². The monoisotopic (exact) mass is 436 g/mol. The molecule has 1 heterocycles. The lowest BCUT2D eigenvalue weighted by molar-refractivity contribution is -0.139. The van der Waals surface area contributed by atoms with Crippen molar-refractivity contribution in [2.45, 2.75) is 72.1 Å². The van der Waals surface area contributed by atoms with Crippen molar-refractivity contribution in [1.82, 2.24) is 15.2 Å². The Morgan fingerprint density at radius 3 is 2.60 bits per heavy atom.